The summed E-state index contributed by atoms with van der Waals surface area (Å²) in [5.41, 5.74) is 2.34. The van der Waals surface area contributed by atoms with Gasteiger partial charge in [-0.2, -0.15) is 0 Å². The van der Waals surface area contributed by atoms with Crippen molar-refractivity contribution >= 4 is 0 Å². The maximum absolute atomic E-state index is 3.29. The summed E-state index contributed by atoms with van der Waals surface area (Å²) < 4.78 is 0. The molecule has 0 bridgehead atoms. The number of hydrogen-bond acceptors (Lipinski definition) is 2. The molecule has 0 spiro atoms. The molecule has 0 aromatic carbocycles. The fourth-order valence-electron chi connectivity index (χ4n) is 2.68. The highest BCUT2D eigenvalue weighted by Crippen LogP contribution is 2.30. The van der Waals surface area contributed by atoms with E-state index < -0.39 is 0 Å². The quantitative estimate of drug-likeness (QED) is 0.758. The van der Waals surface area contributed by atoms with Gasteiger partial charge in [0.05, 0.1) is 0 Å². The highest BCUT2D eigenvalue weighted by molar-refractivity contribution is 5.14. The second-order valence-electron chi connectivity index (χ2n) is 7.16. The van der Waals surface area contributed by atoms with E-state index in [1.54, 1.807) is 5.57 Å². The molecule has 0 saturated carbocycles. The number of hydrogen-bond donors (Lipinski definition) is 1. The summed E-state index contributed by atoms with van der Waals surface area (Å²) in [6.07, 6.45) is 3.68. The first-order valence-corrected chi connectivity index (χ1v) is 6.81. The first-order valence-electron chi connectivity index (χ1n) is 6.81. The van der Waals surface area contributed by atoms with Gasteiger partial charge in [-0.1, -0.05) is 46.3 Å². The number of nitrogens with one attached hydrogen (secondary N) is 1. The molecule has 100 valence electrons. The van der Waals surface area contributed by atoms with E-state index in [1.165, 1.54) is 19.5 Å². The Morgan fingerprint density at radius 3 is 2.29 bits per heavy atom. The summed E-state index contributed by atoms with van der Waals surface area (Å²) in [5, 5.41) is 3.29. The second kappa shape index (κ2) is 5.53. The van der Waals surface area contributed by atoms with Gasteiger partial charge in [0.15, 0.2) is 0 Å². The van der Waals surface area contributed by atoms with E-state index >= 15 is 0 Å². The van der Waals surface area contributed by atoms with E-state index in [1.807, 2.05) is 7.05 Å². The SMILES string of the molecule is CNCC(C)(C)CN1CC=C(C(C)(C)C)CC1. The minimum absolute atomic E-state index is 0.354. The Labute approximate surface area is 107 Å². The third-order valence-electron chi connectivity index (χ3n) is 3.56. The number of rotatable bonds is 4. The first-order chi connectivity index (χ1) is 7.74. The molecule has 1 N–H and O–H groups in total. The van der Waals surface area contributed by atoms with Crippen LogP contribution >= 0.6 is 0 Å². The number of nitrogens with zero attached hydrogens (tertiary/aromatic N) is 1. The molecular formula is C15H30N2. The Hall–Kier alpha value is -0.340. The molecular weight excluding hydrogens is 208 g/mol. The van der Waals surface area contributed by atoms with Crippen molar-refractivity contribution in [3.05, 3.63) is 11.6 Å². The van der Waals surface area contributed by atoms with Gasteiger partial charge in [-0.05, 0) is 24.3 Å². The summed E-state index contributed by atoms with van der Waals surface area (Å²) in [4.78, 5) is 2.58. The molecule has 0 atom stereocenters. The van der Waals surface area contributed by atoms with Gasteiger partial charge in [0.1, 0.15) is 0 Å². The molecule has 2 heteroatoms. The summed E-state index contributed by atoms with van der Waals surface area (Å²) >= 11 is 0. The van der Waals surface area contributed by atoms with Gasteiger partial charge in [-0.25, -0.2) is 0 Å². The molecule has 0 fully saturated rings. The minimum atomic E-state index is 0.354. The van der Waals surface area contributed by atoms with Crippen LogP contribution in [0.25, 0.3) is 0 Å². The Bertz CT molecular complexity index is 271. The second-order valence-corrected chi connectivity index (χ2v) is 7.16. The fourth-order valence-corrected chi connectivity index (χ4v) is 2.68. The van der Waals surface area contributed by atoms with Gasteiger partial charge < -0.3 is 5.32 Å². The van der Waals surface area contributed by atoms with E-state index in [9.17, 15) is 0 Å². The molecule has 0 saturated heterocycles. The molecule has 17 heavy (non-hydrogen) atoms. The lowest BCUT2D eigenvalue weighted by atomic mass is 9.82. The van der Waals surface area contributed by atoms with Crippen molar-refractivity contribution in [3.8, 4) is 0 Å². The van der Waals surface area contributed by atoms with Crippen LogP contribution in [-0.4, -0.2) is 38.1 Å². The normalized spacial score (nSPS) is 19.3. The van der Waals surface area contributed by atoms with Crippen LogP contribution in [0.1, 0.15) is 41.0 Å². The predicted molar refractivity (Wildman–Crippen MR) is 76.3 cm³/mol. The largest absolute Gasteiger partial charge is 0.319 e. The Kier molecular flexibility index (Phi) is 4.79. The van der Waals surface area contributed by atoms with Crippen molar-refractivity contribution in [1.82, 2.24) is 10.2 Å². The molecule has 0 aromatic heterocycles. The van der Waals surface area contributed by atoms with Crippen molar-refractivity contribution in [1.29, 1.82) is 0 Å². The highest BCUT2D eigenvalue weighted by atomic mass is 15.1. The molecule has 0 amide bonds. The third-order valence-corrected chi connectivity index (χ3v) is 3.56. The third kappa shape index (κ3) is 4.81. The monoisotopic (exact) mass is 238 g/mol. The lowest BCUT2D eigenvalue weighted by Crippen LogP contribution is -2.42. The highest BCUT2D eigenvalue weighted by Gasteiger charge is 2.25. The zero-order chi connectivity index (χ0) is 13.1. The van der Waals surface area contributed by atoms with Crippen molar-refractivity contribution in [2.75, 3.05) is 33.2 Å². The molecule has 0 unspecified atom stereocenters. The van der Waals surface area contributed by atoms with E-state index in [4.69, 9.17) is 0 Å². The summed E-state index contributed by atoms with van der Waals surface area (Å²) in [6, 6.07) is 0. The Morgan fingerprint density at radius 2 is 1.88 bits per heavy atom. The van der Waals surface area contributed by atoms with E-state index in [0.717, 1.165) is 13.1 Å². The molecule has 1 heterocycles. The van der Waals surface area contributed by atoms with Crippen LogP contribution in [0.4, 0.5) is 0 Å². The standard InChI is InChI=1S/C15H30N2/c1-14(2,3)13-7-9-17(10-8-13)12-15(4,5)11-16-6/h7,16H,8-12H2,1-6H3. The predicted octanol–water partition coefficient (Wildman–Crippen LogP) is 2.91. The molecule has 1 aliphatic heterocycles. The van der Waals surface area contributed by atoms with Gasteiger partial charge in [0, 0.05) is 26.2 Å². The zero-order valence-electron chi connectivity index (χ0n) is 12.6. The summed E-state index contributed by atoms with van der Waals surface area (Å²) in [7, 11) is 2.04. The van der Waals surface area contributed by atoms with Crippen LogP contribution in [0.5, 0.6) is 0 Å². The topological polar surface area (TPSA) is 15.3 Å². The molecule has 0 aliphatic carbocycles. The minimum Gasteiger partial charge on any atom is -0.319 e. The van der Waals surface area contributed by atoms with Gasteiger partial charge in [-0.15, -0.1) is 0 Å². The van der Waals surface area contributed by atoms with E-state index in [-0.39, 0.29) is 0 Å². The summed E-state index contributed by atoms with van der Waals surface area (Å²) in [5.74, 6) is 0. The fraction of sp³-hybridized carbons (Fsp3) is 0.867. The maximum Gasteiger partial charge on any atom is 0.0166 e. The molecule has 0 aromatic rings. The van der Waals surface area contributed by atoms with Gasteiger partial charge in [0.2, 0.25) is 0 Å². The van der Waals surface area contributed by atoms with Crippen molar-refractivity contribution in [2.24, 2.45) is 10.8 Å². The average Bonchev–Trinajstić information content (AvgIpc) is 2.16. The average molecular weight is 238 g/mol. The van der Waals surface area contributed by atoms with Gasteiger partial charge in [-0.3, -0.25) is 4.90 Å². The lowest BCUT2D eigenvalue weighted by molar-refractivity contribution is 0.182. The van der Waals surface area contributed by atoms with Gasteiger partial charge in [0.25, 0.3) is 0 Å². The van der Waals surface area contributed by atoms with Crippen LogP contribution in [0.2, 0.25) is 0 Å². The molecule has 1 aliphatic rings. The van der Waals surface area contributed by atoms with E-state index in [0.29, 0.717) is 10.8 Å². The van der Waals surface area contributed by atoms with Crippen LogP contribution < -0.4 is 5.32 Å². The molecule has 0 radical (unpaired) electrons. The maximum atomic E-state index is 3.29. The van der Waals surface area contributed by atoms with Crippen molar-refractivity contribution < 1.29 is 0 Å². The van der Waals surface area contributed by atoms with Crippen LogP contribution in [0.15, 0.2) is 11.6 Å². The molecule has 1 rings (SSSR count). The van der Waals surface area contributed by atoms with E-state index in [2.05, 4.69) is 50.9 Å². The van der Waals surface area contributed by atoms with Crippen LogP contribution in [0, 0.1) is 10.8 Å². The smallest absolute Gasteiger partial charge is 0.0166 e. The van der Waals surface area contributed by atoms with Crippen LogP contribution in [0.3, 0.4) is 0 Å². The van der Waals surface area contributed by atoms with Crippen molar-refractivity contribution in [2.45, 2.75) is 41.0 Å². The Balaban J connectivity index is 2.50. The summed E-state index contributed by atoms with van der Waals surface area (Å²) in [6.45, 7) is 16.2. The first kappa shape index (κ1) is 14.7. The Morgan fingerprint density at radius 1 is 1.24 bits per heavy atom. The van der Waals surface area contributed by atoms with Crippen molar-refractivity contribution in [3.63, 3.8) is 0 Å². The van der Waals surface area contributed by atoms with Gasteiger partial charge >= 0.3 is 0 Å². The lowest BCUT2D eigenvalue weighted by Gasteiger charge is -2.36. The van der Waals surface area contributed by atoms with Crippen LogP contribution in [-0.2, 0) is 0 Å². The zero-order valence-corrected chi connectivity index (χ0v) is 12.6. The molecule has 2 nitrogen and oxygen atoms in total.